The zero-order valence-electron chi connectivity index (χ0n) is 14.5. The Balaban J connectivity index is 1.70. The molecule has 0 fully saturated rings. The van der Waals surface area contributed by atoms with E-state index in [0.29, 0.717) is 13.0 Å². The lowest BCUT2D eigenvalue weighted by atomic mass is 10.2. The SMILES string of the molecule is COc1ccc(C(=O)NCCc2ncc3ccccn23)cc1S(C)(=O)=O. The minimum atomic E-state index is -3.50. The molecule has 0 radical (unpaired) electrons. The van der Waals surface area contributed by atoms with E-state index in [1.807, 2.05) is 28.8 Å². The van der Waals surface area contributed by atoms with Crippen molar-refractivity contribution in [2.75, 3.05) is 19.9 Å². The van der Waals surface area contributed by atoms with Gasteiger partial charge >= 0.3 is 0 Å². The van der Waals surface area contributed by atoms with E-state index in [0.717, 1.165) is 17.6 Å². The summed E-state index contributed by atoms with van der Waals surface area (Å²) in [5.74, 6) is 0.707. The molecule has 3 rings (SSSR count). The van der Waals surface area contributed by atoms with Gasteiger partial charge in [-0.25, -0.2) is 13.4 Å². The Hall–Kier alpha value is -2.87. The number of aromatic nitrogens is 2. The third kappa shape index (κ3) is 3.70. The zero-order chi connectivity index (χ0) is 18.7. The molecule has 0 atom stereocenters. The van der Waals surface area contributed by atoms with Crippen LogP contribution in [0, 0.1) is 0 Å². The van der Waals surface area contributed by atoms with Crippen LogP contribution in [-0.4, -0.2) is 43.6 Å². The van der Waals surface area contributed by atoms with E-state index < -0.39 is 9.84 Å². The fraction of sp³-hybridized carbons (Fsp3) is 0.222. The Morgan fingerprint density at radius 2 is 2.08 bits per heavy atom. The molecule has 3 aromatic rings. The molecule has 7 nitrogen and oxygen atoms in total. The Morgan fingerprint density at radius 1 is 1.27 bits per heavy atom. The van der Waals surface area contributed by atoms with Gasteiger partial charge in [0.2, 0.25) is 0 Å². The molecular formula is C18H19N3O4S. The molecule has 136 valence electrons. The highest BCUT2D eigenvalue weighted by Crippen LogP contribution is 2.24. The van der Waals surface area contributed by atoms with Gasteiger partial charge in [-0.15, -0.1) is 0 Å². The predicted molar refractivity (Wildman–Crippen MR) is 97.3 cm³/mol. The monoisotopic (exact) mass is 373 g/mol. The number of nitrogens with zero attached hydrogens (tertiary/aromatic N) is 2. The van der Waals surface area contributed by atoms with Gasteiger partial charge in [0.15, 0.2) is 9.84 Å². The average molecular weight is 373 g/mol. The smallest absolute Gasteiger partial charge is 0.251 e. The van der Waals surface area contributed by atoms with E-state index in [1.165, 1.54) is 25.3 Å². The van der Waals surface area contributed by atoms with Crippen LogP contribution in [0.5, 0.6) is 5.75 Å². The maximum absolute atomic E-state index is 12.3. The van der Waals surface area contributed by atoms with Gasteiger partial charge < -0.3 is 14.5 Å². The maximum Gasteiger partial charge on any atom is 0.251 e. The fourth-order valence-corrected chi connectivity index (χ4v) is 3.54. The highest BCUT2D eigenvalue weighted by Gasteiger charge is 2.17. The minimum Gasteiger partial charge on any atom is -0.495 e. The molecule has 0 spiro atoms. The number of sulfone groups is 1. The van der Waals surface area contributed by atoms with Crippen molar-refractivity contribution in [1.29, 1.82) is 0 Å². The largest absolute Gasteiger partial charge is 0.495 e. The molecule has 0 bridgehead atoms. The highest BCUT2D eigenvalue weighted by molar-refractivity contribution is 7.90. The van der Waals surface area contributed by atoms with Crippen LogP contribution in [0.2, 0.25) is 0 Å². The number of imidazole rings is 1. The van der Waals surface area contributed by atoms with Gasteiger partial charge in [0.25, 0.3) is 5.91 Å². The quantitative estimate of drug-likeness (QED) is 0.711. The molecule has 0 saturated carbocycles. The van der Waals surface area contributed by atoms with Crippen LogP contribution in [0.4, 0.5) is 0 Å². The normalized spacial score (nSPS) is 11.5. The number of amides is 1. The third-order valence-electron chi connectivity index (χ3n) is 3.97. The van der Waals surface area contributed by atoms with E-state index in [4.69, 9.17) is 4.74 Å². The lowest BCUT2D eigenvalue weighted by molar-refractivity contribution is 0.0953. The number of nitrogens with one attached hydrogen (secondary N) is 1. The van der Waals surface area contributed by atoms with Crippen molar-refractivity contribution in [2.45, 2.75) is 11.3 Å². The van der Waals surface area contributed by atoms with Gasteiger partial charge in [-0.2, -0.15) is 0 Å². The lowest BCUT2D eigenvalue weighted by Crippen LogP contribution is -2.26. The molecule has 0 saturated heterocycles. The van der Waals surface area contributed by atoms with Crippen molar-refractivity contribution in [2.24, 2.45) is 0 Å². The average Bonchev–Trinajstić information content (AvgIpc) is 3.03. The first kappa shape index (κ1) is 17.9. The number of rotatable bonds is 6. The van der Waals surface area contributed by atoms with Crippen LogP contribution in [0.15, 0.2) is 53.7 Å². The number of ether oxygens (including phenoxy) is 1. The molecule has 0 aliphatic carbocycles. The maximum atomic E-state index is 12.3. The number of carbonyl (C=O) groups is 1. The molecule has 2 heterocycles. The van der Waals surface area contributed by atoms with Crippen LogP contribution >= 0.6 is 0 Å². The number of hydrogen-bond donors (Lipinski definition) is 1. The van der Waals surface area contributed by atoms with Gasteiger partial charge in [-0.05, 0) is 30.3 Å². The molecule has 2 aromatic heterocycles. The van der Waals surface area contributed by atoms with Gasteiger partial charge in [0.05, 0.1) is 18.8 Å². The second kappa shape index (κ2) is 7.17. The second-order valence-electron chi connectivity index (χ2n) is 5.81. The first-order valence-corrected chi connectivity index (χ1v) is 9.86. The van der Waals surface area contributed by atoms with Crippen LogP contribution in [0.3, 0.4) is 0 Å². The second-order valence-corrected chi connectivity index (χ2v) is 7.80. The number of benzene rings is 1. The Morgan fingerprint density at radius 3 is 2.81 bits per heavy atom. The van der Waals surface area contributed by atoms with Crippen molar-refractivity contribution >= 4 is 21.3 Å². The molecular weight excluding hydrogens is 354 g/mol. The summed E-state index contributed by atoms with van der Waals surface area (Å²) in [6.45, 7) is 0.382. The molecule has 1 amide bonds. The highest BCUT2D eigenvalue weighted by atomic mass is 32.2. The number of hydrogen-bond acceptors (Lipinski definition) is 5. The van der Waals surface area contributed by atoms with Gasteiger partial charge in [-0.3, -0.25) is 4.79 Å². The lowest BCUT2D eigenvalue weighted by Gasteiger charge is -2.10. The van der Waals surface area contributed by atoms with Gasteiger partial charge in [-0.1, -0.05) is 6.07 Å². The van der Waals surface area contributed by atoms with E-state index in [2.05, 4.69) is 10.3 Å². The van der Waals surface area contributed by atoms with Crippen molar-refractivity contribution in [3.8, 4) is 5.75 Å². The van der Waals surface area contributed by atoms with Crippen LogP contribution in [0.25, 0.3) is 5.52 Å². The molecule has 0 aliphatic heterocycles. The summed E-state index contributed by atoms with van der Waals surface area (Å²) in [6.07, 6.45) is 5.33. The van der Waals surface area contributed by atoms with Crippen LogP contribution in [-0.2, 0) is 16.3 Å². The number of carbonyl (C=O) groups excluding carboxylic acids is 1. The van der Waals surface area contributed by atoms with Gasteiger partial charge in [0.1, 0.15) is 16.5 Å². The summed E-state index contributed by atoms with van der Waals surface area (Å²) in [4.78, 5) is 16.7. The Labute approximate surface area is 151 Å². The summed E-state index contributed by atoms with van der Waals surface area (Å²) in [7, 11) is -2.11. The van der Waals surface area contributed by atoms with Crippen molar-refractivity contribution < 1.29 is 17.9 Å². The Bertz CT molecular complexity index is 1060. The van der Waals surface area contributed by atoms with Crippen molar-refractivity contribution in [3.05, 3.63) is 60.2 Å². The molecule has 0 unspecified atom stereocenters. The summed E-state index contributed by atoms with van der Waals surface area (Å²) in [5, 5.41) is 2.79. The molecule has 0 aliphatic rings. The first-order valence-electron chi connectivity index (χ1n) is 7.97. The summed E-state index contributed by atoms with van der Waals surface area (Å²) < 4.78 is 30.7. The van der Waals surface area contributed by atoms with Crippen LogP contribution in [0.1, 0.15) is 16.2 Å². The number of methoxy groups -OCH3 is 1. The molecule has 8 heteroatoms. The van der Waals surface area contributed by atoms with E-state index in [9.17, 15) is 13.2 Å². The zero-order valence-corrected chi connectivity index (χ0v) is 15.3. The predicted octanol–water partition coefficient (Wildman–Crippen LogP) is 1.72. The first-order chi connectivity index (χ1) is 12.4. The van der Waals surface area contributed by atoms with Crippen molar-refractivity contribution in [1.82, 2.24) is 14.7 Å². The summed E-state index contributed by atoms with van der Waals surface area (Å²) >= 11 is 0. The number of fused-ring (bicyclic) bond motifs is 1. The van der Waals surface area contributed by atoms with E-state index in [-0.39, 0.29) is 22.1 Å². The summed E-state index contributed by atoms with van der Waals surface area (Å²) in [6, 6.07) is 10.2. The van der Waals surface area contributed by atoms with Crippen LogP contribution < -0.4 is 10.1 Å². The summed E-state index contributed by atoms with van der Waals surface area (Å²) in [5.41, 5.74) is 1.25. The third-order valence-corrected chi connectivity index (χ3v) is 5.09. The topological polar surface area (TPSA) is 89.8 Å². The fourth-order valence-electron chi connectivity index (χ4n) is 2.68. The standard InChI is InChI=1S/C18H19N3O4S/c1-25-15-7-6-13(11-16(15)26(2,23)24)18(22)19-9-8-17-20-12-14-5-3-4-10-21(14)17/h3-7,10-12H,8-9H2,1-2H3,(H,19,22). The Kier molecular flexibility index (Phi) is 4.94. The van der Waals surface area contributed by atoms with E-state index >= 15 is 0 Å². The van der Waals surface area contributed by atoms with Crippen molar-refractivity contribution in [3.63, 3.8) is 0 Å². The minimum absolute atomic E-state index is 0.00750. The number of pyridine rings is 1. The van der Waals surface area contributed by atoms with E-state index in [1.54, 1.807) is 6.20 Å². The molecule has 1 aromatic carbocycles. The van der Waals surface area contributed by atoms with Gasteiger partial charge in [0, 0.05) is 31.0 Å². The molecule has 1 N–H and O–H groups in total. The molecule has 26 heavy (non-hydrogen) atoms.